The van der Waals surface area contributed by atoms with E-state index >= 15 is 0 Å². The summed E-state index contributed by atoms with van der Waals surface area (Å²) in [5, 5.41) is 14.1. The maximum Gasteiger partial charge on any atom is 0.317 e. The van der Waals surface area contributed by atoms with Gasteiger partial charge in [-0.2, -0.15) is 0 Å². The third-order valence-corrected chi connectivity index (χ3v) is 4.93. The molecular formula is C15H22N2O3S. The zero-order valence-corrected chi connectivity index (χ0v) is 13.3. The highest BCUT2D eigenvalue weighted by molar-refractivity contribution is 7.10. The molecule has 2 amide bonds. The van der Waals surface area contributed by atoms with E-state index in [4.69, 9.17) is 5.11 Å². The van der Waals surface area contributed by atoms with Crippen LogP contribution in [0.25, 0.3) is 0 Å². The number of carbonyl (C=O) groups excluding carboxylic acids is 1. The minimum absolute atomic E-state index is 0.0571. The summed E-state index contributed by atoms with van der Waals surface area (Å²) in [5.74, 6) is -1.43. The van der Waals surface area contributed by atoms with Crippen molar-refractivity contribution in [3.05, 3.63) is 21.9 Å². The van der Waals surface area contributed by atoms with Gasteiger partial charge in [-0.05, 0) is 43.2 Å². The molecule has 0 bridgehead atoms. The van der Waals surface area contributed by atoms with Crippen LogP contribution in [0.4, 0.5) is 4.79 Å². The van der Waals surface area contributed by atoms with Gasteiger partial charge in [-0.15, -0.1) is 11.3 Å². The summed E-state index contributed by atoms with van der Waals surface area (Å²) in [4.78, 5) is 26.2. The van der Waals surface area contributed by atoms with Crippen LogP contribution in [0.2, 0.25) is 0 Å². The standard InChI is InChI=1S/C15H22N2O3S/c1-3-17(9-10(2)14(18)19)15(20)16-12-5-4-6-13-11(12)7-8-21-13/h7-8,10,12H,3-6,9H2,1-2H3,(H,16,20)(H,18,19). The third kappa shape index (κ3) is 3.75. The number of rotatable bonds is 5. The van der Waals surface area contributed by atoms with Crippen molar-refractivity contribution in [1.29, 1.82) is 0 Å². The SMILES string of the molecule is CCN(CC(C)C(=O)O)C(=O)NC1CCCc2sccc21. The van der Waals surface area contributed by atoms with E-state index in [1.54, 1.807) is 23.2 Å². The van der Waals surface area contributed by atoms with Crippen LogP contribution in [0, 0.1) is 5.92 Å². The quantitative estimate of drug-likeness (QED) is 0.878. The van der Waals surface area contributed by atoms with Gasteiger partial charge in [-0.25, -0.2) is 4.79 Å². The molecule has 2 rings (SSSR count). The Labute approximate surface area is 129 Å². The lowest BCUT2D eigenvalue weighted by molar-refractivity contribution is -0.141. The molecule has 2 unspecified atom stereocenters. The van der Waals surface area contributed by atoms with Crippen molar-refractivity contribution in [2.45, 2.75) is 39.2 Å². The first-order chi connectivity index (χ1) is 10.0. The normalized spacial score (nSPS) is 18.7. The van der Waals surface area contributed by atoms with Crippen molar-refractivity contribution >= 4 is 23.3 Å². The van der Waals surface area contributed by atoms with Crippen molar-refractivity contribution in [1.82, 2.24) is 10.2 Å². The van der Waals surface area contributed by atoms with E-state index in [1.807, 2.05) is 6.92 Å². The molecule has 0 fully saturated rings. The second-order valence-electron chi connectivity index (χ2n) is 5.47. The van der Waals surface area contributed by atoms with Gasteiger partial charge in [0.15, 0.2) is 0 Å². The van der Waals surface area contributed by atoms with Gasteiger partial charge >= 0.3 is 12.0 Å². The fraction of sp³-hybridized carbons (Fsp3) is 0.600. The molecular weight excluding hydrogens is 288 g/mol. The fourth-order valence-corrected chi connectivity index (χ4v) is 3.63. The number of nitrogens with one attached hydrogen (secondary N) is 1. The maximum atomic E-state index is 12.4. The van der Waals surface area contributed by atoms with Crippen LogP contribution in [0.1, 0.15) is 43.2 Å². The number of hydrogen-bond donors (Lipinski definition) is 2. The molecule has 0 aliphatic heterocycles. The minimum Gasteiger partial charge on any atom is -0.481 e. The Kier molecular flexibility index (Phi) is 5.22. The van der Waals surface area contributed by atoms with E-state index in [0.717, 1.165) is 19.3 Å². The molecule has 2 N–H and O–H groups in total. The Bertz CT molecular complexity index is 515. The Morgan fingerprint density at radius 2 is 2.33 bits per heavy atom. The summed E-state index contributed by atoms with van der Waals surface area (Å²) in [6, 6.07) is 1.97. The fourth-order valence-electron chi connectivity index (χ4n) is 2.64. The third-order valence-electron chi connectivity index (χ3n) is 3.93. The first-order valence-corrected chi connectivity index (χ1v) is 8.25. The first-order valence-electron chi connectivity index (χ1n) is 7.37. The molecule has 0 saturated carbocycles. The van der Waals surface area contributed by atoms with E-state index in [2.05, 4.69) is 16.8 Å². The van der Waals surface area contributed by atoms with Crippen molar-refractivity contribution in [3.8, 4) is 0 Å². The first kappa shape index (κ1) is 15.8. The van der Waals surface area contributed by atoms with E-state index in [1.165, 1.54) is 10.4 Å². The number of carboxylic acid groups (broad SMARTS) is 1. The topological polar surface area (TPSA) is 69.6 Å². The number of carboxylic acids is 1. The summed E-state index contributed by atoms with van der Waals surface area (Å²) >= 11 is 1.74. The summed E-state index contributed by atoms with van der Waals surface area (Å²) in [5.41, 5.74) is 1.22. The molecule has 0 aromatic carbocycles. The van der Waals surface area contributed by atoms with Gasteiger partial charge in [0.25, 0.3) is 0 Å². The van der Waals surface area contributed by atoms with Crippen LogP contribution in [-0.4, -0.2) is 35.1 Å². The summed E-state index contributed by atoms with van der Waals surface area (Å²) in [7, 11) is 0. The lowest BCUT2D eigenvalue weighted by atomic mass is 9.94. The second-order valence-corrected chi connectivity index (χ2v) is 6.47. The van der Waals surface area contributed by atoms with Gasteiger partial charge in [0.05, 0.1) is 12.0 Å². The lowest BCUT2D eigenvalue weighted by Gasteiger charge is -2.29. The molecule has 1 aromatic rings. The summed E-state index contributed by atoms with van der Waals surface area (Å²) < 4.78 is 0. The predicted octanol–water partition coefficient (Wildman–Crippen LogP) is 2.88. The number of nitrogens with zero attached hydrogens (tertiary/aromatic N) is 1. The molecule has 1 aromatic heterocycles. The molecule has 2 atom stereocenters. The number of amides is 2. The van der Waals surface area contributed by atoms with E-state index in [9.17, 15) is 9.59 Å². The van der Waals surface area contributed by atoms with E-state index in [0.29, 0.717) is 6.54 Å². The van der Waals surface area contributed by atoms with Gasteiger partial charge in [0.2, 0.25) is 0 Å². The number of aryl methyl sites for hydroxylation is 1. The smallest absolute Gasteiger partial charge is 0.317 e. The Hall–Kier alpha value is -1.56. The van der Waals surface area contributed by atoms with Crippen LogP contribution in [0.15, 0.2) is 11.4 Å². The number of hydrogen-bond acceptors (Lipinski definition) is 3. The van der Waals surface area contributed by atoms with Gasteiger partial charge < -0.3 is 15.3 Å². The van der Waals surface area contributed by atoms with E-state index in [-0.39, 0.29) is 18.6 Å². The zero-order chi connectivity index (χ0) is 15.4. The van der Waals surface area contributed by atoms with Gasteiger partial charge in [0.1, 0.15) is 0 Å². The molecule has 116 valence electrons. The average Bonchev–Trinajstić information content (AvgIpc) is 2.93. The highest BCUT2D eigenvalue weighted by atomic mass is 32.1. The highest BCUT2D eigenvalue weighted by Crippen LogP contribution is 2.33. The van der Waals surface area contributed by atoms with Crippen molar-refractivity contribution in [3.63, 3.8) is 0 Å². The zero-order valence-electron chi connectivity index (χ0n) is 12.5. The molecule has 0 radical (unpaired) electrons. The average molecular weight is 310 g/mol. The number of carbonyl (C=O) groups is 2. The molecule has 21 heavy (non-hydrogen) atoms. The Morgan fingerprint density at radius 3 is 3.00 bits per heavy atom. The molecule has 1 aliphatic carbocycles. The number of urea groups is 1. The van der Waals surface area contributed by atoms with Crippen molar-refractivity contribution < 1.29 is 14.7 Å². The van der Waals surface area contributed by atoms with Crippen LogP contribution < -0.4 is 5.32 Å². The van der Waals surface area contributed by atoms with Crippen molar-refractivity contribution in [2.75, 3.05) is 13.1 Å². The molecule has 5 nitrogen and oxygen atoms in total. The highest BCUT2D eigenvalue weighted by Gasteiger charge is 2.25. The largest absolute Gasteiger partial charge is 0.481 e. The van der Waals surface area contributed by atoms with E-state index < -0.39 is 11.9 Å². The van der Waals surface area contributed by atoms with Crippen LogP contribution in [0.3, 0.4) is 0 Å². The second kappa shape index (κ2) is 6.93. The minimum atomic E-state index is -0.876. The molecule has 0 saturated heterocycles. The predicted molar refractivity (Wildman–Crippen MR) is 82.6 cm³/mol. The Morgan fingerprint density at radius 1 is 1.57 bits per heavy atom. The number of fused-ring (bicyclic) bond motifs is 1. The van der Waals surface area contributed by atoms with Crippen LogP contribution >= 0.6 is 11.3 Å². The van der Waals surface area contributed by atoms with Gasteiger partial charge in [-0.3, -0.25) is 4.79 Å². The van der Waals surface area contributed by atoms with Gasteiger partial charge in [-0.1, -0.05) is 6.92 Å². The van der Waals surface area contributed by atoms with Crippen LogP contribution in [0.5, 0.6) is 0 Å². The summed E-state index contributed by atoms with van der Waals surface area (Å²) in [6.07, 6.45) is 3.12. The maximum absolute atomic E-state index is 12.4. The molecule has 1 aliphatic rings. The summed E-state index contributed by atoms with van der Waals surface area (Å²) in [6.45, 7) is 4.23. The molecule has 6 heteroatoms. The van der Waals surface area contributed by atoms with Crippen molar-refractivity contribution in [2.24, 2.45) is 5.92 Å². The van der Waals surface area contributed by atoms with Crippen LogP contribution in [-0.2, 0) is 11.2 Å². The lowest BCUT2D eigenvalue weighted by Crippen LogP contribution is -2.44. The number of aliphatic carboxylic acids is 1. The number of thiophene rings is 1. The Balaban J connectivity index is 1.99. The molecule has 1 heterocycles. The molecule has 0 spiro atoms. The van der Waals surface area contributed by atoms with Gasteiger partial charge in [0, 0.05) is 18.0 Å². The monoisotopic (exact) mass is 310 g/mol.